The van der Waals surface area contributed by atoms with Crippen LogP contribution in [0.15, 0.2) is 29.3 Å². The Morgan fingerprint density at radius 2 is 2.04 bits per heavy atom. The first-order valence-corrected chi connectivity index (χ1v) is 10.2. The molecule has 28 heavy (non-hydrogen) atoms. The molecule has 0 radical (unpaired) electrons. The molecule has 4 nitrogen and oxygen atoms in total. The van der Waals surface area contributed by atoms with Crippen molar-refractivity contribution in [2.24, 2.45) is 4.99 Å². The Bertz CT molecular complexity index is 623. The highest BCUT2D eigenvalue weighted by Gasteiger charge is 2.29. The van der Waals surface area contributed by atoms with E-state index in [1.54, 1.807) is 6.07 Å². The molecule has 1 unspecified atom stereocenters. The van der Waals surface area contributed by atoms with Gasteiger partial charge in [0.05, 0.1) is 13.2 Å². The van der Waals surface area contributed by atoms with E-state index in [4.69, 9.17) is 4.74 Å². The minimum atomic E-state index is -4.30. The van der Waals surface area contributed by atoms with E-state index in [9.17, 15) is 13.2 Å². The lowest BCUT2D eigenvalue weighted by molar-refractivity contribution is -0.176. The number of aliphatic imine (C=N–C) groups is 1. The van der Waals surface area contributed by atoms with E-state index in [0.717, 1.165) is 24.6 Å². The predicted molar refractivity (Wildman–Crippen MR) is 120 cm³/mol. The number of guanidine groups is 1. The van der Waals surface area contributed by atoms with Crippen LogP contribution in [-0.4, -0.2) is 42.3 Å². The third-order valence-electron chi connectivity index (χ3n) is 4.22. The molecule has 1 saturated heterocycles. The molecular weight excluding hydrogens is 502 g/mol. The van der Waals surface area contributed by atoms with Gasteiger partial charge in [-0.2, -0.15) is 24.9 Å². The van der Waals surface area contributed by atoms with Crippen molar-refractivity contribution in [2.75, 3.05) is 25.4 Å². The van der Waals surface area contributed by atoms with Crippen LogP contribution < -0.4 is 10.6 Å². The van der Waals surface area contributed by atoms with Gasteiger partial charge in [0.2, 0.25) is 0 Å². The Morgan fingerprint density at radius 3 is 2.68 bits per heavy atom. The second kappa shape index (κ2) is 12.1. The van der Waals surface area contributed by atoms with Gasteiger partial charge in [0.15, 0.2) is 5.96 Å². The zero-order valence-electron chi connectivity index (χ0n) is 16.3. The first-order chi connectivity index (χ1) is 12.8. The number of thioether (sulfide) groups is 1. The number of hydrogen-bond acceptors (Lipinski definition) is 3. The highest BCUT2D eigenvalue weighted by Crippen LogP contribution is 2.36. The molecule has 160 valence electrons. The number of rotatable bonds is 8. The van der Waals surface area contributed by atoms with Gasteiger partial charge in [0.1, 0.15) is 6.61 Å². The standard InChI is InChI=1S/C19H28F3N3OS.HI/c1-3-23-17(25-13-18(2)8-5-9-27-18)24-11-15-6-4-7-16(10-15)12-26-14-19(20,21)22;/h4,6-7,10H,3,5,8-9,11-14H2,1-2H3,(H2,23,24,25);1H. The summed E-state index contributed by atoms with van der Waals surface area (Å²) in [7, 11) is 0. The highest BCUT2D eigenvalue weighted by atomic mass is 127. The largest absolute Gasteiger partial charge is 0.411 e. The van der Waals surface area contributed by atoms with E-state index in [-0.39, 0.29) is 35.3 Å². The fourth-order valence-electron chi connectivity index (χ4n) is 2.86. The molecule has 1 heterocycles. The number of nitrogens with zero attached hydrogens (tertiary/aromatic N) is 1. The van der Waals surface area contributed by atoms with Gasteiger partial charge in [-0.25, -0.2) is 4.99 Å². The molecule has 0 spiro atoms. The summed E-state index contributed by atoms with van der Waals surface area (Å²) >= 11 is 1.99. The summed E-state index contributed by atoms with van der Waals surface area (Å²) in [5.74, 6) is 1.96. The molecule has 1 aliphatic heterocycles. The fourth-order valence-corrected chi connectivity index (χ4v) is 4.11. The zero-order valence-corrected chi connectivity index (χ0v) is 19.4. The van der Waals surface area contributed by atoms with Crippen LogP contribution in [0, 0.1) is 0 Å². The van der Waals surface area contributed by atoms with Gasteiger partial charge in [-0.15, -0.1) is 24.0 Å². The Hall–Kier alpha value is -0.680. The van der Waals surface area contributed by atoms with Gasteiger partial charge in [0, 0.05) is 17.8 Å². The monoisotopic (exact) mass is 531 g/mol. The second-order valence-corrected chi connectivity index (χ2v) is 8.56. The Morgan fingerprint density at radius 1 is 1.29 bits per heavy atom. The predicted octanol–water partition coefficient (Wildman–Crippen LogP) is 4.72. The zero-order chi connectivity index (χ0) is 19.8. The van der Waals surface area contributed by atoms with Crippen LogP contribution in [0.2, 0.25) is 0 Å². The molecule has 2 rings (SSSR count). The van der Waals surface area contributed by atoms with Crippen LogP contribution in [0.1, 0.15) is 37.8 Å². The number of benzene rings is 1. The lowest BCUT2D eigenvalue weighted by Gasteiger charge is -2.24. The number of alkyl halides is 3. The number of halogens is 4. The fraction of sp³-hybridized carbons (Fsp3) is 0.632. The molecular formula is C19H29F3IN3OS. The number of nitrogens with one attached hydrogen (secondary N) is 2. The Labute approximate surface area is 186 Å². The van der Waals surface area contributed by atoms with E-state index in [2.05, 4.69) is 22.5 Å². The SMILES string of the molecule is CCNC(=NCc1cccc(COCC(F)(F)F)c1)NCC1(C)CCCS1.I. The third-order valence-corrected chi connectivity index (χ3v) is 5.76. The number of hydrogen-bond donors (Lipinski definition) is 2. The average molecular weight is 531 g/mol. The summed E-state index contributed by atoms with van der Waals surface area (Å²) in [5, 5.41) is 6.65. The van der Waals surface area contributed by atoms with Crippen molar-refractivity contribution in [1.82, 2.24) is 10.6 Å². The number of ether oxygens (including phenoxy) is 1. The van der Waals surface area contributed by atoms with Gasteiger partial charge < -0.3 is 15.4 Å². The van der Waals surface area contributed by atoms with Crippen molar-refractivity contribution in [1.29, 1.82) is 0 Å². The van der Waals surface area contributed by atoms with Crippen LogP contribution in [0.3, 0.4) is 0 Å². The van der Waals surface area contributed by atoms with E-state index in [1.165, 1.54) is 18.6 Å². The molecule has 2 N–H and O–H groups in total. The van der Waals surface area contributed by atoms with Gasteiger partial charge in [-0.3, -0.25) is 0 Å². The van der Waals surface area contributed by atoms with Crippen LogP contribution in [0.5, 0.6) is 0 Å². The summed E-state index contributed by atoms with van der Waals surface area (Å²) < 4.78 is 41.5. The van der Waals surface area contributed by atoms with E-state index in [0.29, 0.717) is 12.1 Å². The molecule has 1 aromatic rings. The molecule has 0 aromatic heterocycles. The minimum absolute atomic E-state index is 0. The lowest BCUT2D eigenvalue weighted by atomic mass is 10.1. The molecule has 1 aromatic carbocycles. The minimum Gasteiger partial charge on any atom is -0.367 e. The van der Waals surface area contributed by atoms with Crippen LogP contribution in [0.4, 0.5) is 13.2 Å². The maximum absolute atomic E-state index is 12.2. The molecule has 0 aliphatic carbocycles. The smallest absolute Gasteiger partial charge is 0.367 e. The first-order valence-electron chi connectivity index (χ1n) is 9.18. The van der Waals surface area contributed by atoms with Crippen molar-refractivity contribution < 1.29 is 17.9 Å². The average Bonchev–Trinajstić information content (AvgIpc) is 3.04. The van der Waals surface area contributed by atoms with Gasteiger partial charge >= 0.3 is 6.18 Å². The van der Waals surface area contributed by atoms with Crippen LogP contribution >= 0.6 is 35.7 Å². The van der Waals surface area contributed by atoms with Crippen molar-refractivity contribution in [3.05, 3.63) is 35.4 Å². The molecule has 0 bridgehead atoms. The molecule has 1 aliphatic rings. The van der Waals surface area contributed by atoms with Crippen molar-refractivity contribution in [3.63, 3.8) is 0 Å². The van der Waals surface area contributed by atoms with Crippen molar-refractivity contribution in [2.45, 2.75) is 50.8 Å². The molecule has 0 amide bonds. The summed E-state index contributed by atoms with van der Waals surface area (Å²) in [6.45, 7) is 5.06. The Balaban J connectivity index is 0.00000392. The lowest BCUT2D eigenvalue weighted by Crippen LogP contribution is -2.43. The Kier molecular flexibility index (Phi) is 11.0. The van der Waals surface area contributed by atoms with Crippen LogP contribution in [-0.2, 0) is 17.9 Å². The topological polar surface area (TPSA) is 45.7 Å². The quantitative estimate of drug-likeness (QED) is 0.290. The van der Waals surface area contributed by atoms with Crippen molar-refractivity contribution >= 4 is 41.7 Å². The van der Waals surface area contributed by atoms with E-state index >= 15 is 0 Å². The van der Waals surface area contributed by atoms with Crippen LogP contribution in [0.25, 0.3) is 0 Å². The summed E-state index contributed by atoms with van der Waals surface area (Å²) in [4.78, 5) is 4.60. The second-order valence-electron chi connectivity index (χ2n) is 6.88. The maximum atomic E-state index is 12.2. The molecule has 9 heteroatoms. The summed E-state index contributed by atoms with van der Waals surface area (Å²) in [6, 6.07) is 7.31. The van der Waals surface area contributed by atoms with Gasteiger partial charge in [-0.1, -0.05) is 24.3 Å². The maximum Gasteiger partial charge on any atom is 0.411 e. The van der Waals surface area contributed by atoms with Crippen molar-refractivity contribution in [3.8, 4) is 0 Å². The first kappa shape index (κ1) is 25.4. The van der Waals surface area contributed by atoms with Gasteiger partial charge in [0.25, 0.3) is 0 Å². The normalized spacial score (nSPS) is 20.0. The van der Waals surface area contributed by atoms with E-state index in [1.807, 2.05) is 36.9 Å². The molecule has 0 saturated carbocycles. The third kappa shape index (κ3) is 9.69. The summed E-state index contributed by atoms with van der Waals surface area (Å²) in [5.41, 5.74) is 1.64. The van der Waals surface area contributed by atoms with E-state index < -0.39 is 12.8 Å². The highest BCUT2D eigenvalue weighted by molar-refractivity contribution is 14.0. The summed E-state index contributed by atoms with van der Waals surface area (Å²) in [6.07, 6.45) is -1.85. The van der Waals surface area contributed by atoms with Gasteiger partial charge in [-0.05, 0) is 43.6 Å². The molecule has 1 atom stereocenters. The molecule has 1 fully saturated rings.